The van der Waals surface area contributed by atoms with E-state index >= 15 is 0 Å². The molecule has 0 radical (unpaired) electrons. The van der Waals surface area contributed by atoms with Crippen molar-refractivity contribution in [1.82, 2.24) is 9.47 Å². The molecule has 9 heteroatoms. The van der Waals surface area contributed by atoms with Crippen LogP contribution in [0.2, 0.25) is 0 Å². The number of nitrogens with one attached hydrogen (secondary N) is 1. The Bertz CT molecular complexity index is 1100. The molecule has 1 saturated heterocycles. The number of anilines is 1. The number of nitrogens with zero attached hydrogens (tertiary/aromatic N) is 2. The maximum atomic E-state index is 13.0. The molecule has 30 heavy (non-hydrogen) atoms. The van der Waals surface area contributed by atoms with Gasteiger partial charge in [0.25, 0.3) is 15.6 Å². The number of carbonyl (C=O) groups excluding carboxylic acids is 1. The molecule has 2 aliphatic heterocycles. The SMILES string of the molecule is COCCC(=O)N1C[C@H]2C[C@H](C1)c1ccc(NS(=O)(=O)c3ccccc3)c(=O)n1C2. The number of pyridine rings is 1. The highest BCUT2D eigenvalue weighted by atomic mass is 32.2. The predicted molar refractivity (Wildman–Crippen MR) is 112 cm³/mol. The van der Waals surface area contributed by atoms with Gasteiger partial charge in [-0.1, -0.05) is 18.2 Å². The molecular weight excluding hydrogens is 406 g/mol. The molecule has 0 aliphatic carbocycles. The van der Waals surface area contributed by atoms with Crippen molar-refractivity contribution in [3.05, 3.63) is 58.5 Å². The van der Waals surface area contributed by atoms with E-state index in [1.807, 2.05) is 4.90 Å². The van der Waals surface area contributed by atoms with Gasteiger partial charge < -0.3 is 14.2 Å². The van der Waals surface area contributed by atoms with Crippen LogP contribution in [0.4, 0.5) is 5.69 Å². The summed E-state index contributed by atoms with van der Waals surface area (Å²) in [5, 5.41) is 0. The lowest BCUT2D eigenvalue weighted by atomic mass is 9.83. The molecule has 0 spiro atoms. The minimum atomic E-state index is -3.84. The first-order chi connectivity index (χ1) is 14.4. The van der Waals surface area contributed by atoms with Gasteiger partial charge in [-0.15, -0.1) is 0 Å². The van der Waals surface area contributed by atoms with Crippen LogP contribution in [0.15, 0.2) is 52.2 Å². The van der Waals surface area contributed by atoms with Gasteiger partial charge in [0, 0.05) is 38.4 Å². The lowest BCUT2D eigenvalue weighted by Gasteiger charge is -2.43. The number of rotatable bonds is 6. The van der Waals surface area contributed by atoms with Crippen molar-refractivity contribution in [3.63, 3.8) is 0 Å². The summed E-state index contributed by atoms with van der Waals surface area (Å²) >= 11 is 0. The molecule has 160 valence electrons. The van der Waals surface area contributed by atoms with Crippen LogP contribution < -0.4 is 10.3 Å². The minimum absolute atomic E-state index is 0.0376. The summed E-state index contributed by atoms with van der Waals surface area (Å²) in [4.78, 5) is 27.4. The normalized spacial score (nSPS) is 20.5. The van der Waals surface area contributed by atoms with E-state index in [1.54, 1.807) is 35.9 Å². The summed E-state index contributed by atoms with van der Waals surface area (Å²) in [6, 6.07) is 11.3. The van der Waals surface area contributed by atoms with E-state index in [0.29, 0.717) is 32.7 Å². The van der Waals surface area contributed by atoms with E-state index in [-0.39, 0.29) is 33.9 Å². The zero-order chi connectivity index (χ0) is 21.3. The number of sulfonamides is 1. The predicted octanol–water partition coefficient (Wildman–Crippen LogP) is 1.63. The molecule has 2 atom stereocenters. The maximum Gasteiger partial charge on any atom is 0.275 e. The third-order valence-corrected chi connectivity index (χ3v) is 7.16. The third-order valence-electron chi connectivity index (χ3n) is 5.77. The molecule has 8 nitrogen and oxygen atoms in total. The van der Waals surface area contributed by atoms with Gasteiger partial charge in [0.05, 0.1) is 17.9 Å². The minimum Gasteiger partial charge on any atom is -0.384 e. The van der Waals surface area contributed by atoms with E-state index < -0.39 is 10.0 Å². The Balaban J connectivity index is 1.58. The van der Waals surface area contributed by atoms with Gasteiger partial charge in [0.15, 0.2) is 0 Å². The first-order valence-corrected chi connectivity index (χ1v) is 11.5. The number of amides is 1. The summed E-state index contributed by atoms with van der Waals surface area (Å²) < 4.78 is 34.3. The van der Waals surface area contributed by atoms with Gasteiger partial charge in [-0.25, -0.2) is 8.42 Å². The zero-order valence-corrected chi connectivity index (χ0v) is 17.6. The Morgan fingerprint density at radius 1 is 1.13 bits per heavy atom. The smallest absolute Gasteiger partial charge is 0.275 e. The molecule has 2 bridgehead atoms. The molecule has 1 fully saturated rings. The number of aromatic nitrogens is 1. The van der Waals surface area contributed by atoms with Crippen LogP contribution >= 0.6 is 0 Å². The second-order valence-corrected chi connectivity index (χ2v) is 9.53. The zero-order valence-electron chi connectivity index (χ0n) is 16.8. The molecule has 0 unspecified atom stereocenters. The van der Waals surface area contributed by atoms with Gasteiger partial charge in [0.1, 0.15) is 5.69 Å². The van der Waals surface area contributed by atoms with Crippen LogP contribution in [0.5, 0.6) is 0 Å². The van der Waals surface area contributed by atoms with E-state index in [1.165, 1.54) is 18.2 Å². The van der Waals surface area contributed by atoms with Crippen LogP contribution in [0, 0.1) is 5.92 Å². The van der Waals surface area contributed by atoms with E-state index in [2.05, 4.69) is 4.72 Å². The number of ether oxygens (including phenoxy) is 1. The van der Waals surface area contributed by atoms with E-state index in [4.69, 9.17) is 4.74 Å². The maximum absolute atomic E-state index is 13.0. The highest BCUT2D eigenvalue weighted by Gasteiger charge is 2.36. The van der Waals surface area contributed by atoms with Gasteiger partial charge in [0.2, 0.25) is 5.91 Å². The Kier molecular flexibility index (Phi) is 5.66. The molecule has 2 aliphatic rings. The van der Waals surface area contributed by atoms with Crippen molar-refractivity contribution in [2.75, 3.05) is 31.5 Å². The molecule has 1 N–H and O–H groups in total. The summed E-state index contributed by atoms with van der Waals surface area (Å²) in [6.45, 7) is 2.03. The Labute approximate surface area is 175 Å². The highest BCUT2D eigenvalue weighted by Crippen LogP contribution is 2.35. The average molecular weight is 432 g/mol. The number of fused-ring (bicyclic) bond motifs is 4. The molecule has 2 aromatic rings. The van der Waals surface area contributed by atoms with Crippen LogP contribution in [0.3, 0.4) is 0 Å². The Morgan fingerprint density at radius 3 is 2.63 bits per heavy atom. The fourth-order valence-electron chi connectivity index (χ4n) is 4.38. The van der Waals surface area contributed by atoms with Crippen LogP contribution in [-0.4, -0.2) is 50.6 Å². The number of hydrogen-bond acceptors (Lipinski definition) is 5. The topological polar surface area (TPSA) is 97.7 Å². The summed E-state index contributed by atoms with van der Waals surface area (Å²) in [5.74, 6) is 0.299. The third kappa shape index (κ3) is 3.99. The largest absolute Gasteiger partial charge is 0.384 e. The van der Waals surface area contributed by atoms with Gasteiger partial charge in [-0.05, 0) is 36.6 Å². The lowest BCUT2D eigenvalue weighted by molar-refractivity contribution is -0.134. The first kappa shape index (κ1) is 20.6. The summed E-state index contributed by atoms with van der Waals surface area (Å²) in [7, 11) is -2.26. The standard InChI is InChI=1S/C21H25N3O5S/c1-29-10-9-20(25)23-12-15-11-16(14-23)19-8-7-18(21(26)24(19)13-15)22-30(27,28)17-5-3-2-4-6-17/h2-8,15-16,22H,9-14H2,1H3/t15-,16-/m1/s1. The van der Waals surface area contributed by atoms with Gasteiger partial charge in [-0.3, -0.25) is 14.3 Å². The van der Waals surface area contributed by atoms with Crippen LogP contribution in [0.25, 0.3) is 0 Å². The van der Waals surface area contributed by atoms with Crippen molar-refractivity contribution in [1.29, 1.82) is 0 Å². The fraction of sp³-hybridized carbons (Fsp3) is 0.429. The van der Waals surface area contributed by atoms with E-state index in [9.17, 15) is 18.0 Å². The number of benzene rings is 1. The van der Waals surface area contributed by atoms with Crippen LogP contribution in [-0.2, 0) is 26.1 Å². The molecule has 0 saturated carbocycles. The molecule has 1 amide bonds. The Morgan fingerprint density at radius 2 is 1.90 bits per heavy atom. The fourth-order valence-corrected chi connectivity index (χ4v) is 5.46. The van der Waals surface area contributed by atoms with Crippen molar-refractivity contribution in [3.8, 4) is 0 Å². The molecular formula is C21H25N3O5S. The van der Waals surface area contributed by atoms with Crippen molar-refractivity contribution < 1.29 is 17.9 Å². The van der Waals surface area contributed by atoms with Gasteiger partial charge >= 0.3 is 0 Å². The summed E-state index contributed by atoms with van der Waals surface area (Å²) in [6.07, 6.45) is 1.27. The monoisotopic (exact) mass is 431 g/mol. The second kappa shape index (κ2) is 8.23. The van der Waals surface area contributed by atoms with Gasteiger partial charge in [-0.2, -0.15) is 0 Å². The van der Waals surface area contributed by atoms with Crippen molar-refractivity contribution >= 4 is 21.6 Å². The molecule has 1 aromatic heterocycles. The number of hydrogen-bond donors (Lipinski definition) is 1. The quantitative estimate of drug-likeness (QED) is 0.750. The lowest BCUT2D eigenvalue weighted by Crippen LogP contribution is -2.49. The van der Waals surface area contributed by atoms with Crippen molar-refractivity contribution in [2.45, 2.75) is 30.2 Å². The number of likely N-dealkylation sites (tertiary alicyclic amines) is 1. The van der Waals surface area contributed by atoms with E-state index in [0.717, 1.165) is 12.1 Å². The Hall–Kier alpha value is -2.65. The number of carbonyl (C=O) groups is 1. The molecule has 4 rings (SSSR count). The average Bonchev–Trinajstić information content (AvgIpc) is 2.74. The first-order valence-electron chi connectivity index (χ1n) is 9.97. The summed E-state index contributed by atoms with van der Waals surface area (Å²) in [5.41, 5.74) is 0.541. The van der Waals surface area contributed by atoms with Crippen molar-refractivity contribution in [2.24, 2.45) is 5.92 Å². The van der Waals surface area contributed by atoms with Crippen LogP contribution in [0.1, 0.15) is 24.5 Å². The molecule has 3 heterocycles. The number of piperidine rings is 1. The molecule has 1 aromatic carbocycles. The second-order valence-electron chi connectivity index (χ2n) is 7.85. The number of methoxy groups -OCH3 is 1. The highest BCUT2D eigenvalue weighted by molar-refractivity contribution is 7.92.